The molecule has 1 atom stereocenters. The Kier molecular flexibility index (Phi) is 5.53. The Morgan fingerprint density at radius 3 is 2.88 bits per heavy atom. The zero-order valence-electron chi connectivity index (χ0n) is 14.1. The van der Waals surface area contributed by atoms with E-state index >= 15 is 0 Å². The number of benzene rings is 1. The van der Waals surface area contributed by atoms with E-state index in [1.807, 2.05) is 12.1 Å². The number of hydrogen-bond donors (Lipinski definition) is 2. The number of halogens is 2. The van der Waals surface area contributed by atoms with Gasteiger partial charge in [0.25, 0.3) is 0 Å². The van der Waals surface area contributed by atoms with Gasteiger partial charge >= 0.3 is 0 Å². The molecule has 0 aliphatic carbocycles. The van der Waals surface area contributed by atoms with E-state index < -0.39 is 11.6 Å². The first-order valence-electron chi connectivity index (χ1n) is 8.32. The number of aliphatic imine (C=N–C) groups is 1. The van der Waals surface area contributed by atoms with E-state index in [0.29, 0.717) is 18.4 Å². The smallest absolute Gasteiger partial charge is 0.191 e. The Morgan fingerprint density at radius 2 is 2.16 bits per heavy atom. The molecule has 2 heterocycles. The molecule has 0 bridgehead atoms. The van der Waals surface area contributed by atoms with Crippen LogP contribution in [0.2, 0.25) is 0 Å². The molecule has 1 aromatic carbocycles. The second-order valence-corrected chi connectivity index (χ2v) is 6.09. The van der Waals surface area contributed by atoms with E-state index in [0.717, 1.165) is 37.5 Å². The summed E-state index contributed by atoms with van der Waals surface area (Å²) in [5.74, 6) is 0.348. The molecule has 2 N–H and O–H groups in total. The van der Waals surface area contributed by atoms with Crippen molar-refractivity contribution in [3.05, 3.63) is 54.0 Å². The van der Waals surface area contributed by atoms with Crippen LogP contribution >= 0.6 is 0 Å². The van der Waals surface area contributed by atoms with Crippen molar-refractivity contribution in [2.75, 3.05) is 31.6 Å². The van der Waals surface area contributed by atoms with Crippen LogP contribution in [0.5, 0.6) is 0 Å². The number of hydrogen-bond acceptors (Lipinski definition) is 3. The zero-order chi connectivity index (χ0) is 17.6. The van der Waals surface area contributed by atoms with Crippen LogP contribution in [0.25, 0.3) is 0 Å². The average molecular weight is 348 g/mol. The van der Waals surface area contributed by atoms with Crippen LogP contribution in [0, 0.1) is 17.6 Å². The highest BCUT2D eigenvalue weighted by atomic mass is 19.2. The molecule has 25 heavy (non-hydrogen) atoms. The normalized spacial score (nSPS) is 17.8. The van der Waals surface area contributed by atoms with Gasteiger partial charge < -0.3 is 20.0 Å². The third-order valence-electron chi connectivity index (χ3n) is 4.35. The van der Waals surface area contributed by atoms with Crippen LogP contribution in [0.3, 0.4) is 0 Å². The van der Waals surface area contributed by atoms with Gasteiger partial charge in [-0.25, -0.2) is 8.78 Å². The van der Waals surface area contributed by atoms with Gasteiger partial charge in [-0.3, -0.25) is 4.99 Å². The molecular weight excluding hydrogens is 326 g/mol. The average Bonchev–Trinajstić information content (AvgIpc) is 3.29. The maximum Gasteiger partial charge on any atom is 0.191 e. The summed E-state index contributed by atoms with van der Waals surface area (Å²) >= 11 is 0. The monoisotopic (exact) mass is 348 g/mol. The predicted molar refractivity (Wildman–Crippen MR) is 93.6 cm³/mol. The fraction of sp³-hybridized carbons (Fsp3) is 0.389. The molecule has 134 valence electrons. The van der Waals surface area contributed by atoms with E-state index in [4.69, 9.17) is 4.42 Å². The van der Waals surface area contributed by atoms with Crippen molar-refractivity contribution in [1.82, 2.24) is 10.6 Å². The van der Waals surface area contributed by atoms with Crippen molar-refractivity contribution in [3.8, 4) is 0 Å². The van der Waals surface area contributed by atoms with E-state index in [-0.39, 0.29) is 0 Å². The van der Waals surface area contributed by atoms with Gasteiger partial charge in [0.15, 0.2) is 17.6 Å². The lowest BCUT2D eigenvalue weighted by Crippen LogP contribution is -2.39. The summed E-state index contributed by atoms with van der Waals surface area (Å²) in [4.78, 5) is 6.27. The summed E-state index contributed by atoms with van der Waals surface area (Å²) in [6, 6.07) is 7.80. The first-order valence-corrected chi connectivity index (χ1v) is 8.32. The molecule has 5 nitrogen and oxygen atoms in total. The highest BCUT2D eigenvalue weighted by molar-refractivity contribution is 5.79. The molecule has 2 aromatic rings. The number of anilines is 1. The van der Waals surface area contributed by atoms with Gasteiger partial charge in [-0.05, 0) is 36.6 Å². The Bertz CT molecular complexity index is 718. The Balaban J connectivity index is 1.46. The highest BCUT2D eigenvalue weighted by Gasteiger charge is 2.23. The summed E-state index contributed by atoms with van der Waals surface area (Å²) in [7, 11) is 1.72. The molecule has 7 heteroatoms. The van der Waals surface area contributed by atoms with Crippen molar-refractivity contribution in [3.63, 3.8) is 0 Å². The standard InChI is InChI=1S/C18H22F2N4O/c1-21-18(23-11-15-3-2-8-25-15)22-10-13-6-7-24(12-13)14-4-5-16(19)17(20)9-14/h2-5,8-9,13H,6-7,10-12H2,1H3,(H2,21,22,23)/t13-/m1/s1. The zero-order valence-corrected chi connectivity index (χ0v) is 14.1. The van der Waals surface area contributed by atoms with Crippen LogP contribution in [0.1, 0.15) is 12.2 Å². The molecule has 0 amide bonds. The largest absolute Gasteiger partial charge is 0.467 e. The van der Waals surface area contributed by atoms with Gasteiger partial charge in [-0.2, -0.15) is 0 Å². The van der Waals surface area contributed by atoms with E-state index in [1.165, 1.54) is 12.1 Å². The minimum atomic E-state index is -0.812. The van der Waals surface area contributed by atoms with Gasteiger partial charge in [-0.1, -0.05) is 0 Å². The fourth-order valence-electron chi connectivity index (χ4n) is 2.96. The molecule has 0 spiro atoms. The number of nitrogens with zero attached hydrogens (tertiary/aromatic N) is 2. The first-order chi connectivity index (χ1) is 12.2. The third kappa shape index (κ3) is 4.49. The van der Waals surface area contributed by atoms with Gasteiger partial charge in [-0.15, -0.1) is 0 Å². The maximum atomic E-state index is 13.4. The Hall–Kier alpha value is -2.57. The maximum absolute atomic E-state index is 13.4. The summed E-state index contributed by atoms with van der Waals surface area (Å²) in [5, 5.41) is 6.50. The van der Waals surface area contributed by atoms with Crippen LogP contribution in [0.15, 0.2) is 46.0 Å². The van der Waals surface area contributed by atoms with Crippen LogP contribution in [0.4, 0.5) is 14.5 Å². The summed E-state index contributed by atoms with van der Waals surface area (Å²) in [5.41, 5.74) is 0.724. The summed E-state index contributed by atoms with van der Waals surface area (Å²) in [6.07, 6.45) is 2.62. The lowest BCUT2D eigenvalue weighted by atomic mass is 10.1. The fourth-order valence-corrected chi connectivity index (χ4v) is 2.96. The quantitative estimate of drug-likeness (QED) is 0.644. The Labute approximate surface area is 145 Å². The third-order valence-corrected chi connectivity index (χ3v) is 4.35. The molecule has 0 unspecified atom stereocenters. The molecule has 1 aliphatic heterocycles. The highest BCUT2D eigenvalue weighted by Crippen LogP contribution is 2.24. The van der Waals surface area contributed by atoms with Gasteiger partial charge in [0.05, 0.1) is 12.8 Å². The topological polar surface area (TPSA) is 52.8 Å². The first kappa shape index (κ1) is 17.3. The van der Waals surface area contributed by atoms with E-state index in [9.17, 15) is 8.78 Å². The molecule has 1 saturated heterocycles. The molecule has 0 radical (unpaired) electrons. The van der Waals surface area contributed by atoms with Crippen molar-refractivity contribution in [2.45, 2.75) is 13.0 Å². The van der Waals surface area contributed by atoms with E-state index in [1.54, 1.807) is 19.4 Å². The van der Waals surface area contributed by atoms with Crippen molar-refractivity contribution in [1.29, 1.82) is 0 Å². The number of rotatable bonds is 5. The summed E-state index contributed by atoms with van der Waals surface area (Å²) in [6.45, 7) is 2.96. The number of furan rings is 1. The molecule has 1 aromatic heterocycles. The Morgan fingerprint density at radius 1 is 1.28 bits per heavy atom. The second kappa shape index (κ2) is 8.00. The van der Waals surface area contributed by atoms with Crippen molar-refractivity contribution in [2.24, 2.45) is 10.9 Å². The summed E-state index contributed by atoms with van der Waals surface area (Å²) < 4.78 is 31.7. The minimum Gasteiger partial charge on any atom is -0.467 e. The van der Waals surface area contributed by atoms with Crippen LogP contribution in [-0.2, 0) is 6.54 Å². The molecule has 1 fully saturated rings. The van der Waals surface area contributed by atoms with Crippen LogP contribution < -0.4 is 15.5 Å². The van der Waals surface area contributed by atoms with E-state index in [2.05, 4.69) is 20.5 Å². The predicted octanol–water partition coefficient (Wildman–Crippen LogP) is 2.75. The second-order valence-electron chi connectivity index (χ2n) is 6.09. The molecule has 3 rings (SSSR count). The van der Waals surface area contributed by atoms with Gasteiger partial charge in [0.2, 0.25) is 0 Å². The lowest BCUT2D eigenvalue weighted by Gasteiger charge is -2.19. The van der Waals surface area contributed by atoms with Crippen molar-refractivity contribution < 1.29 is 13.2 Å². The van der Waals surface area contributed by atoms with Crippen LogP contribution in [-0.4, -0.2) is 32.6 Å². The molecule has 1 aliphatic rings. The minimum absolute atomic E-state index is 0.412. The number of guanidine groups is 1. The van der Waals surface area contributed by atoms with Crippen molar-refractivity contribution >= 4 is 11.6 Å². The lowest BCUT2D eigenvalue weighted by molar-refractivity contribution is 0.499. The molecule has 0 saturated carbocycles. The SMILES string of the molecule is CN=C(NCc1ccco1)NC[C@H]1CCN(c2ccc(F)c(F)c2)C1. The van der Waals surface area contributed by atoms with Gasteiger partial charge in [0.1, 0.15) is 5.76 Å². The molecular formula is C18H22F2N4O. The number of nitrogens with one attached hydrogen (secondary N) is 2. The van der Waals surface area contributed by atoms with Gasteiger partial charge in [0, 0.05) is 38.4 Å².